The quantitative estimate of drug-likeness (QED) is 0.515. The monoisotopic (exact) mass is 366 g/mol. The summed E-state index contributed by atoms with van der Waals surface area (Å²) in [5.41, 5.74) is 4.37. The fourth-order valence-corrected chi connectivity index (χ4v) is 2.50. The summed E-state index contributed by atoms with van der Waals surface area (Å²) in [6, 6.07) is 16.2. The molecule has 27 heavy (non-hydrogen) atoms. The van der Waals surface area contributed by atoms with Crippen LogP contribution in [-0.4, -0.2) is 18.4 Å². The molecule has 5 heteroatoms. The zero-order chi connectivity index (χ0) is 19.6. The van der Waals surface area contributed by atoms with E-state index < -0.39 is 0 Å². The average molecular weight is 367 g/mol. The SMILES string of the molecule is CCNC(=NCc1cccc(C)c1)NCc1ccc(NC(=O)C(C)C)cc1. The van der Waals surface area contributed by atoms with E-state index in [4.69, 9.17) is 0 Å². The molecule has 0 saturated heterocycles. The molecule has 0 heterocycles. The summed E-state index contributed by atoms with van der Waals surface area (Å²) in [4.78, 5) is 16.4. The fraction of sp³-hybridized carbons (Fsp3) is 0.364. The number of hydrogen-bond donors (Lipinski definition) is 3. The number of carbonyl (C=O) groups excluding carboxylic acids is 1. The molecule has 0 aromatic heterocycles. The molecular weight excluding hydrogens is 336 g/mol. The number of nitrogens with zero attached hydrogens (tertiary/aromatic N) is 1. The Kier molecular flexibility index (Phi) is 7.86. The Hall–Kier alpha value is -2.82. The predicted octanol–water partition coefficient (Wildman–Crippen LogP) is 3.84. The molecule has 144 valence electrons. The van der Waals surface area contributed by atoms with E-state index in [9.17, 15) is 4.79 Å². The zero-order valence-electron chi connectivity index (χ0n) is 16.7. The molecule has 0 saturated carbocycles. The number of amides is 1. The molecule has 0 aliphatic carbocycles. The minimum Gasteiger partial charge on any atom is -0.357 e. The lowest BCUT2D eigenvalue weighted by atomic mass is 10.1. The second-order valence-corrected chi connectivity index (χ2v) is 6.88. The zero-order valence-corrected chi connectivity index (χ0v) is 16.7. The van der Waals surface area contributed by atoms with E-state index in [-0.39, 0.29) is 11.8 Å². The third-order valence-corrected chi connectivity index (χ3v) is 4.05. The van der Waals surface area contributed by atoms with E-state index in [1.807, 2.05) is 38.1 Å². The Labute approximate surface area is 162 Å². The number of aliphatic imine (C=N–C) groups is 1. The van der Waals surface area contributed by atoms with Crippen molar-refractivity contribution in [2.24, 2.45) is 10.9 Å². The normalized spacial score (nSPS) is 11.4. The summed E-state index contributed by atoms with van der Waals surface area (Å²) < 4.78 is 0. The van der Waals surface area contributed by atoms with Crippen LogP contribution in [0.25, 0.3) is 0 Å². The van der Waals surface area contributed by atoms with Gasteiger partial charge >= 0.3 is 0 Å². The number of guanidine groups is 1. The first-order valence-corrected chi connectivity index (χ1v) is 9.45. The maximum Gasteiger partial charge on any atom is 0.226 e. The third kappa shape index (κ3) is 7.13. The molecule has 2 aromatic carbocycles. The summed E-state index contributed by atoms with van der Waals surface area (Å²) >= 11 is 0. The molecule has 2 aromatic rings. The van der Waals surface area contributed by atoms with Crippen molar-refractivity contribution in [3.8, 4) is 0 Å². The van der Waals surface area contributed by atoms with Crippen LogP contribution in [0.3, 0.4) is 0 Å². The molecule has 0 bridgehead atoms. The molecule has 1 amide bonds. The van der Waals surface area contributed by atoms with Crippen molar-refractivity contribution in [3.63, 3.8) is 0 Å². The van der Waals surface area contributed by atoms with Crippen LogP contribution >= 0.6 is 0 Å². The summed E-state index contributed by atoms with van der Waals surface area (Å²) in [6.07, 6.45) is 0. The average Bonchev–Trinajstić information content (AvgIpc) is 2.65. The third-order valence-electron chi connectivity index (χ3n) is 4.05. The number of nitrogens with one attached hydrogen (secondary N) is 3. The molecule has 3 N–H and O–H groups in total. The Balaban J connectivity index is 1.93. The maximum atomic E-state index is 11.7. The van der Waals surface area contributed by atoms with Gasteiger partial charge in [-0.3, -0.25) is 4.79 Å². The van der Waals surface area contributed by atoms with E-state index in [1.54, 1.807) is 0 Å². The van der Waals surface area contributed by atoms with Gasteiger partial charge in [0, 0.05) is 24.7 Å². The van der Waals surface area contributed by atoms with Crippen LogP contribution in [-0.2, 0) is 17.9 Å². The highest BCUT2D eigenvalue weighted by molar-refractivity contribution is 5.92. The van der Waals surface area contributed by atoms with Crippen molar-refractivity contribution >= 4 is 17.6 Å². The van der Waals surface area contributed by atoms with E-state index >= 15 is 0 Å². The van der Waals surface area contributed by atoms with Gasteiger partial charge in [-0.1, -0.05) is 55.8 Å². The lowest BCUT2D eigenvalue weighted by Crippen LogP contribution is -2.36. The highest BCUT2D eigenvalue weighted by atomic mass is 16.1. The van der Waals surface area contributed by atoms with Crippen molar-refractivity contribution in [1.82, 2.24) is 10.6 Å². The number of carbonyl (C=O) groups is 1. The minimum absolute atomic E-state index is 0.0265. The highest BCUT2D eigenvalue weighted by Gasteiger charge is 2.06. The smallest absolute Gasteiger partial charge is 0.226 e. The molecule has 0 radical (unpaired) electrons. The maximum absolute atomic E-state index is 11.7. The minimum atomic E-state index is -0.0290. The van der Waals surface area contributed by atoms with Crippen molar-refractivity contribution in [2.45, 2.75) is 40.8 Å². The van der Waals surface area contributed by atoms with Crippen LogP contribution in [0.1, 0.15) is 37.5 Å². The lowest BCUT2D eigenvalue weighted by Gasteiger charge is -2.12. The van der Waals surface area contributed by atoms with Crippen LogP contribution in [0, 0.1) is 12.8 Å². The van der Waals surface area contributed by atoms with Crippen molar-refractivity contribution in [2.75, 3.05) is 11.9 Å². The molecular formula is C22H30N4O. The number of rotatable bonds is 7. The lowest BCUT2D eigenvalue weighted by molar-refractivity contribution is -0.118. The first-order valence-electron chi connectivity index (χ1n) is 9.45. The van der Waals surface area contributed by atoms with Gasteiger partial charge in [0.05, 0.1) is 6.54 Å². The topological polar surface area (TPSA) is 65.5 Å². The van der Waals surface area contributed by atoms with Gasteiger partial charge in [0.1, 0.15) is 0 Å². The molecule has 0 aliphatic heterocycles. The van der Waals surface area contributed by atoms with E-state index in [0.717, 1.165) is 23.8 Å². The summed E-state index contributed by atoms with van der Waals surface area (Å²) in [7, 11) is 0. The molecule has 0 atom stereocenters. The summed E-state index contributed by atoms with van der Waals surface area (Å²) in [5, 5.41) is 9.52. The van der Waals surface area contributed by atoms with Gasteiger partial charge in [0.2, 0.25) is 5.91 Å². The van der Waals surface area contributed by atoms with Gasteiger partial charge in [-0.2, -0.15) is 0 Å². The number of aryl methyl sites for hydroxylation is 1. The van der Waals surface area contributed by atoms with Crippen LogP contribution in [0.15, 0.2) is 53.5 Å². The Morgan fingerprint density at radius 3 is 2.41 bits per heavy atom. The van der Waals surface area contributed by atoms with E-state index in [2.05, 4.69) is 59.1 Å². The fourth-order valence-electron chi connectivity index (χ4n) is 2.50. The molecule has 0 unspecified atom stereocenters. The van der Waals surface area contributed by atoms with Crippen molar-refractivity contribution in [3.05, 3.63) is 65.2 Å². The standard InChI is InChI=1S/C22H30N4O/c1-5-23-22(25-15-19-8-6-7-17(4)13-19)24-14-18-9-11-20(12-10-18)26-21(27)16(2)3/h6-13,16H,5,14-15H2,1-4H3,(H,26,27)(H2,23,24,25). The van der Waals surface area contributed by atoms with Crippen molar-refractivity contribution < 1.29 is 4.79 Å². The number of benzene rings is 2. The van der Waals surface area contributed by atoms with Crippen LogP contribution < -0.4 is 16.0 Å². The second kappa shape index (κ2) is 10.4. The van der Waals surface area contributed by atoms with Gasteiger partial charge < -0.3 is 16.0 Å². The summed E-state index contributed by atoms with van der Waals surface area (Å²) in [6.45, 7) is 10.0. The Morgan fingerprint density at radius 2 is 1.78 bits per heavy atom. The van der Waals surface area contributed by atoms with Crippen LogP contribution in [0.5, 0.6) is 0 Å². The largest absolute Gasteiger partial charge is 0.357 e. The second-order valence-electron chi connectivity index (χ2n) is 6.88. The van der Waals surface area contributed by atoms with E-state index in [1.165, 1.54) is 11.1 Å². The van der Waals surface area contributed by atoms with Gasteiger partial charge in [0.15, 0.2) is 5.96 Å². The number of hydrogen-bond acceptors (Lipinski definition) is 2. The van der Waals surface area contributed by atoms with Gasteiger partial charge in [-0.25, -0.2) is 4.99 Å². The molecule has 0 spiro atoms. The number of anilines is 1. The van der Waals surface area contributed by atoms with Crippen molar-refractivity contribution in [1.29, 1.82) is 0 Å². The molecule has 2 rings (SSSR count). The Morgan fingerprint density at radius 1 is 1.04 bits per heavy atom. The van der Waals surface area contributed by atoms with Gasteiger partial charge in [-0.05, 0) is 37.1 Å². The molecule has 0 fully saturated rings. The highest BCUT2D eigenvalue weighted by Crippen LogP contribution is 2.11. The first kappa shape index (κ1) is 20.5. The molecule has 5 nitrogen and oxygen atoms in total. The van der Waals surface area contributed by atoms with Gasteiger partial charge in [0.25, 0.3) is 0 Å². The Bertz CT molecular complexity index is 766. The van der Waals surface area contributed by atoms with Crippen LogP contribution in [0.4, 0.5) is 5.69 Å². The van der Waals surface area contributed by atoms with Gasteiger partial charge in [-0.15, -0.1) is 0 Å². The molecule has 0 aliphatic rings. The van der Waals surface area contributed by atoms with Crippen LogP contribution in [0.2, 0.25) is 0 Å². The predicted molar refractivity (Wildman–Crippen MR) is 113 cm³/mol. The van der Waals surface area contributed by atoms with E-state index in [0.29, 0.717) is 13.1 Å². The first-order chi connectivity index (χ1) is 13.0. The summed E-state index contributed by atoms with van der Waals surface area (Å²) in [5.74, 6) is 0.786.